The van der Waals surface area contributed by atoms with Gasteiger partial charge in [-0.3, -0.25) is 14.5 Å². The smallest absolute Gasteiger partial charge is 0.324 e. The van der Waals surface area contributed by atoms with Crippen LogP contribution in [-0.2, 0) is 22.4 Å². The number of rotatable bonds is 6. The second kappa shape index (κ2) is 8.61. The first-order valence-corrected chi connectivity index (χ1v) is 12.1. The van der Waals surface area contributed by atoms with E-state index < -0.39 is 12.1 Å². The average Bonchev–Trinajstić information content (AvgIpc) is 3.52. The van der Waals surface area contributed by atoms with Crippen LogP contribution >= 0.6 is 0 Å². The highest BCUT2D eigenvalue weighted by Gasteiger charge is 2.39. The second-order valence-electron chi connectivity index (χ2n) is 9.38. The predicted molar refractivity (Wildman–Crippen MR) is 133 cm³/mol. The van der Waals surface area contributed by atoms with Crippen LogP contribution in [0.4, 0.5) is 4.79 Å². The number of nitrogens with one attached hydrogen (secondary N) is 4. The number of fused-ring (bicyclic) bond motifs is 4. The van der Waals surface area contributed by atoms with Gasteiger partial charge in [0, 0.05) is 40.2 Å². The molecule has 1 aliphatic carbocycles. The maximum absolute atomic E-state index is 12.9. The molecule has 8 heteroatoms. The van der Waals surface area contributed by atoms with Gasteiger partial charge in [0.25, 0.3) is 5.91 Å². The van der Waals surface area contributed by atoms with Crippen molar-refractivity contribution in [3.05, 3.63) is 71.5 Å². The van der Waals surface area contributed by atoms with Gasteiger partial charge in [0.05, 0.1) is 12.5 Å². The molecule has 4 aromatic rings. The standard InChI is InChI=1S/C27H27N5O3/c33-24(29-22-11-5-8-19-18-7-2-4-10-21(18)30-25(19)22)14-23-26(34)32(27(35)31-23)13-12-16-15-28-20-9-3-1-6-17(16)20/h1-4,6-7,9-10,15,22-23,28,30H,5,8,11-14H2,(H,29,33)(H,31,35). The van der Waals surface area contributed by atoms with E-state index in [1.807, 2.05) is 48.7 Å². The first-order valence-electron chi connectivity index (χ1n) is 12.1. The molecule has 6 rings (SSSR count). The molecule has 8 nitrogen and oxygen atoms in total. The van der Waals surface area contributed by atoms with E-state index in [2.05, 4.69) is 26.7 Å². The number of aromatic nitrogens is 2. The van der Waals surface area contributed by atoms with Gasteiger partial charge in [-0.2, -0.15) is 0 Å². The number of carbonyl (C=O) groups excluding carboxylic acids is 3. The van der Waals surface area contributed by atoms with E-state index in [9.17, 15) is 14.4 Å². The van der Waals surface area contributed by atoms with Crippen LogP contribution in [0.15, 0.2) is 54.7 Å². The molecule has 0 spiro atoms. The quantitative estimate of drug-likeness (QED) is 0.323. The zero-order valence-electron chi connectivity index (χ0n) is 19.3. The van der Waals surface area contributed by atoms with E-state index >= 15 is 0 Å². The lowest BCUT2D eigenvalue weighted by molar-refractivity contribution is -0.131. The minimum absolute atomic E-state index is 0.0692. The number of hydrogen-bond acceptors (Lipinski definition) is 3. The lowest BCUT2D eigenvalue weighted by Crippen LogP contribution is -2.38. The van der Waals surface area contributed by atoms with Crippen LogP contribution in [-0.4, -0.2) is 45.3 Å². The molecule has 1 fully saturated rings. The Balaban J connectivity index is 1.10. The van der Waals surface area contributed by atoms with Crippen LogP contribution in [0, 0.1) is 0 Å². The molecule has 1 aliphatic heterocycles. The molecule has 0 bridgehead atoms. The van der Waals surface area contributed by atoms with Gasteiger partial charge in [0.2, 0.25) is 5.91 Å². The zero-order chi connectivity index (χ0) is 23.9. The lowest BCUT2D eigenvalue weighted by Gasteiger charge is -2.24. The Morgan fingerprint density at radius 2 is 1.80 bits per heavy atom. The maximum atomic E-state index is 12.9. The number of amides is 4. The average molecular weight is 470 g/mol. The summed E-state index contributed by atoms with van der Waals surface area (Å²) in [5.74, 6) is -0.585. The first-order chi connectivity index (χ1) is 17.1. The van der Waals surface area contributed by atoms with Crippen LogP contribution in [0.25, 0.3) is 21.8 Å². The van der Waals surface area contributed by atoms with Crippen molar-refractivity contribution in [1.29, 1.82) is 0 Å². The van der Waals surface area contributed by atoms with Gasteiger partial charge in [-0.25, -0.2) is 4.79 Å². The molecule has 3 heterocycles. The number of urea groups is 1. The Morgan fingerprint density at radius 1 is 1.03 bits per heavy atom. The zero-order valence-corrected chi connectivity index (χ0v) is 19.3. The molecule has 0 radical (unpaired) electrons. The van der Waals surface area contributed by atoms with E-state index in [0.29, 0.717) is 6.42 Å². The summed E-state index contributed by atoms with van der Waals surface area (Å²) in [5.41, 5.74) is 5.45. The van der Waals surface area contributed by atoms with Gasteiger partial charge < -0.3 is 20.6 Å². The van der Waals surface area contributed by atoms with Crippen molar-refractivity contribution in [2.45, 2.75) is 44.2 Å². The summed E-state index contributed by atoms with van der Waals surface area (Å²) >= 11 is 0. The van der Waals surface area contributed by atoms with Crippen molar-refractivity contribution >= 4 is 39.7 Å². The Morgan fingerprint density at radius 3 is 2.66 bits per heavy atom. The van der Waals surface area contributed by atoms with Gasteiger partial charge in [-0.15, -0.1) is 0 Å². The summed E-state index contributed by atoms with van der Waals surface area (Å²) in [6.45, 7) is 0.270. The largest absolute Gasteiger partial charge is 0.361 e. The second-order valence-corrected chi connectivity index (χ2v) is 9.38. The third kappa shape index (κ3) is 3.84. The van der Waals surface area contributed by atoms with Crippen molar-refractivity contribution in [3.8, 4) is 0 Å². The molecule has 4 amide bonds. The number of hydrogen-bond donors (Lipinski definition) is 4. The third-order valence-electron chi connectivity index (χ3n) is 7.23. The molecule has 2 atom stereocenters. The molecule has 2 aromatic carbocycles. The van der Waals surface area contributed by atoms with E-state index in [4.69, 9.17) is 0 Å². The lowest BCUT2D eigenvalue weighted by atomic mass is 9.91. The summed E-state index contributed by atoms with van der Waals surface area (Å²) in [6, 6.07) is 14.7. The van der Waals surface area contributed by atoms with Gasteiger partial charge in [-0.1, -0.05) is 36.4 Å². The number of nitrogens with zero attached hydrogens (tertiary/aromatic N) is 1. The van der Waals surface area contributed by atoms with Gasteiger partial charge in [0.1, 0.15) is 6.04 Å². The summed E-state index contributed by atoms with van der Waals surface area (Å²) in [6.07, 6.45) is 5.20. The topological polar surface area (TPSA) is 110 Å². The number of para-hydroxylation sites is 2. The summed E-state index contributed by atoms with van der Waals surface area (Å²) in [4.78, 5) is 46.2. The number of carbonyl (C=O) groups is 3. The fourth-order valence-electron chi connectivity index (χ4n) is 5.50. The monoisotopic (exact) mass is 469 g/mol. The van der Waals surface area contributed by atoms with E-state index in [1.165, 1.54) is 15.8 Å². The normalized spacial score (nSPS) is 19.8. The molecule has 35 heavy (non-hydrogen) atoms. The molecule has 2 unspecified atom stereocenters. The van der Waals surface area contributed by atoms with Crippen molar-refractivity contribution < 1.29 is 14.4 Å². The highest BCUT2D eigenvalue weighted by atomic mass is 16.2. The van der Waals surface area contributed by atoms with Crippen molar-refractivity contribution in [3.63, 3.8) is 0 Å². The van der Waals surface area contributed by atoms with Crippen molar-refractivity contribution in [1.82, 2.24) is 25.5 Å². The van der Waals surface area contributed by atoms with Crippen LogP contribution in [0.2, 0.25) is 0 Å². The molecular formula is C27H27N5O3. The van der Waals surface area contributed by atoms with E-state index in [1.54, 1.807) is 0 Å². The van der Waals surface area contributed by atoms with Crippen LogP contribution < -0.4 is 10.6 Å². The number of aromatic amines is 2. The maximum Gasteiger partial charge on any atom is 0.324 e. The SMILES string of the molecule is O=C(CC1NC(=O)N(CCc2c[nH]c3ccccc23)C1=O)NC1CCCc2c1[nH]c1ccccc21. The van der Waals surface area contributed by atoms with Gasteiger partial charge in [0.15, 0.2) is 0 Å². The fourth-order valence-corrected chi connectivity index (χ4v) is 5.50. The summed E-state index contributed by atoms with van der Waals surface area (Å²) < 4.78 is 0. The molecule has 178 valence electrons. The highest BCUT2D eigenvalue weighted by Crippen LogP contribution is 2.34. The number of benzene rings is 2. The Labute approximate surface area is 202 Å². The van der Waals surface area contributed by atoms with E-state index in [0.717, 1.165) is 46.9 Å². The molecule has 4 N–H and O–H groups in total. The predicted octanol–water partition coefficient (Wildman–Crippen LogP) is 3.70. The molecule has 2 aromatic heterocycles. The number of aryl methyl sites for hydroxylation is 1. The first kappa shape index (κ1) is 21.5. The van der Waals surface area contributed by atoms with Gasteiger partial charge >= 0.3 is 6.03 Å². The van der Waals surface area contributed by atoms with Crippen LogP contribution in [0.5, 0.6) is 0 Å². The minimum atomic E-state index is -0.837. The van der Waals surface area contributed by atoms with Gasteiger partial charge in [-0.05, 0) is 48.9 Å². The van der Waals surface area contributed by atoms with Crippen molar-refractivity contribution in [2.24, 2.45) is 0 Å². The summed E-state index contributed by atoms with van der Waals surface area (Å²) in [7, 11) is 0. The Kier molecular flexibility index (Phi) is 5.28. The molecule has 2 aliphatic rings. The summed E-state index contributed by atoms with van der Waals surface area (Å²) in [5, 5.41) is 8.06. The van der Waals surface area contributed by atoms with Crippen LogP contribution in [0.3, 0.4) is 0 Å². The third-order valence-corrected chi connectivity index (χ3v) is 7.23. The fraction of sp³-hybridized carbons (Fsp3) is 0.296. The molecular weight excluding hydrogens is 442 g/mol. The van der Waals surface area contributed by atoms with E-state index in [-0.39, 0.29) is 30.8 Å². The Hall–Kier alpha value is -4.07. The molecule has 0 saturated carbocycles. The Bertz CT molecular complexity index is 1450. The minimum Gasteiger partial charge on any atom is -0.361 e. The van der Waals surface area contributed by atoms with Crippen LogP contribution in [0.1, 0.15) is 42.1 Å². The van der Waals surface area contributed by atoms with Crippen molar-refractivity contribution in [2.75, 3.05) is 6.54 Å². The molecule has 1 saturated heterocycles. The number of imide groups is 1. The highest BCUT2D eigenvalue weighted by molar-refractivity contribution is 6.06. The number of H-pyrrole nitrogens is 2.